The number of nitrogens with one attached hydrogen (secondary N) is 1. The highest BCUT2D eigenvalue weighted by molar-refractivity contribution is 5.51. The first-order valence-electron chi connectivity index (χ1n) is 7.11. The highest BCUT2D eigenvalue weighted by Gasteiger charge is 2.18. The van der Waals surface area contributed by atoms with Crippen LogP contribution in [0.2, 0.25) is 0 Å². The molecule has 1 aromatic carbocycles. The van der Waals surface area contributed by atoms with Crippen LogP contribution in [0.1, 0.15) is 5.56 Å². The van der Waals surface area contributed by atoms with Gasteiger partial charge in [0.1, 0.15) is 18.5 Å². The first kappa shape index (κ1) is 13.9. The van der Waals surface area contributed by atoms with E-state index in [9.17, 15) is 0 Å². The van der Waals surface area contributed by atoms with Gasteiger partial charge >= 0.3 is 0 Å². The summed E-state index contributed by atoms with van der Waals surface area (Å²) >= 11 is 0. The Labute approximate surface area is 123 Å². The van der Waals surface area contributed by atoms with Gasteiger partial charge in [0.15, 0.2) is 0 Å². The molecule has 6 heteroatoms. The number of hydrogen-bond donors (Lipinski definition) is 2. The zero-order chi connectivity index (χ0) is 14.7. The zero-order valence-corrected chi connectivity index (χ0v) is 12.1. The van der Waals surface area contributed by atoms with E-state index >= 15 is 0 Å². The fourth-order valence-electron chi connectivity index (χ4n) is 2.29. The first-order valence-corrected chi connectivity index (χ1v) is 7.11. The molecule has 1 aliphatic heterocycles. The van der Waals surface area contributed by atoms with Crippen LogP contribution in [0.5, 0.6) is 5.88 Å². The summed E-state index contributed by atoms with van der Waals surface area (Å²) in [6.07, 6.45) is 0.0567. The molecule has 1 fully saturated rings. The highest BCUT2D eigenvalue weighted by atomic mass is 16.5. The van der Waals surface area contributed by atoms with Crippen molar-refractivity contribution in [1.82, 2.24) is 15.1 Å². The second-order valence-electron chi connectivity index (χ2n) is 5.07. The zero-order valence-electron chi connectivity index (χ0n) is 12.1. The van der Waals surface area contributed by atoms with Crippen molar-refractivity contribution in [1.29, 1.82) is 0 Å². The smallest absolute Gasteiger partial charge is 0.238 e. The van der Waals surface area contributed by atoms with E-state index in [0.29, 0.717) is 24.9 Å². The van der Waals surface area contributed by atoms with E-state index in [2.05, 4.69) is 10.4 Å². The third-order valence-electron chi connectivity index (χ3n) is 3.54. The van der Waals surface area contributed by atoms with Gasteiger partial charge in [0.05, 0.1) is 17.9 Å². The second kappa shape index (κ2) is 6.15. The number of nitrogens with zero attached hydrogens (tertiary/aromatic N) is 2. The Kier molecular flexibility index (Phi) is 4.08. The average molecular weight is 288 g/mol. The molecular weight excluding hydrogens is 268 g/mol. The van der Waals surface area contributed by atoms with Gasteiger partial charge in [-0.1, -0.05) is 18.2 Å². The molecule has 2 aromatic rings. The fraction of sp³-hybridized carbons (Fsp3) is 0.400. The molecule has 0 saturated carbocycles. The summed E-state index contributed by atoms with van der Waals surface area (Å²) in [7, 11) is 0. The summed E-state index contributed by atoms with van der Waals surface area (Å²) in [6.45, 7) is 4.79. The number of ether oxygens (including phenoxy) is 2. The molecule has 0 aliphatic carbocycles. The molecule has 1 saturated heterocycles. The first-order chi connectivity index (χ1) is 10.3. The van der Waals surface area contributed by atoms with Crippen LogP contribution in [0.4, 0.5) is 5.82 Å². The molecule has 6 nitrogen and oxygen atoms in total. The van der Waals surface area contributed by atoms with Crippen LogP contribution in [0.15, 0.2) is 30.3 Å². The summed E-state index contributed by atoms with van der Waals surface area (Å²) in [5.74, 6) is 1.16. The van der Waals surface area contributed by atoms with Gasteiger partial charge < -0.3 is 20.5 Å². The summed E-state index contributed by atoms with van der Waals surface area (Å²) in [5.41, 5.74) is 7.89. The van der Waals surface area contributed by atoms with Crippen LogP contribution >= 0.6 is 0 Å². The van der Waals surface area contributed by atoms with Crippen molar-refractivity contribution in [3.05, 3.63) is 35.9 Å². The quantitative estimate of drug-likeness (QED) is 0.882. The third-order valence-corrected chi connectivity index (χ3v) is 3.54. The van der Waals surface area contributed by atoms with E-state index in [1.807, 2.05) is 37.3 Å². The van der Waals surface area contributed by atoms with E-state index in [-0.39, 0.29) is 6.10 Å². The molecule has 1 aliphatic rings. The monoisotopic (exact) mass is 288 g/mol. The van der Waals surface area contributed by atoms with Gasteiger partial charge in [-0.15, -0.1) is 5.10 Å². The Balaban J connectivity index is 1.74. The van der Waals surface area contributed by atoms with Crippen LogP contribution in [0.25, 0.3) is 5.69 Å². The molecule has 0 bridgehead atoms. The van der Waals surface area contributed by atoms with E-state index in [0.717, 1.165) is 24.3 Å². The molecule has 0 spiro atoms. The number of nitrogen functional groups attached to an aromatic ring is 1. The lowest BCUT2D eigenvalue weighted by Gasteiger charge is -2.23. The molecule has 2 heterocycles. The third kappa shape index (κ3) is 3.01. The Morgan fingerprint density at radius 2 is 2.24 bits per heavy atom. The summed E-state index contributed by atoms with van der Waals surface area (Å²) in [6, 6.07) is 9.78. The predicted molar refractivity (Wildman–Crippen MR) is 80.8 cm³/mol. The maximum Gasteiger partial charge on any atom is 0.238 e. The maximum absolute atomic E-state index is 6.12. The highest BCUT2D eigenvalue weighted by Crippen LogP contribution is 2.25. The topological polar surface area (TPSA) is 74.3 Å². The molecule has 3 rings (SSSR count). The predicted octanol–water partition coefficient (Wildman–Crippen LogP) is 1.13. The number of para-hydroxylation sites is 1. The van der Waals surface area contributed by atoms with Gasteiger partial charge in [0.25, 0.3) is 0 Å². The van der Waals surface area contributed by atoms with E-state index in [1.54, 1.807) is 4.68 Å². The van der Waals surface area contributed by atoms with Gasteiger partial charge in [0.2, 0.25) is 5.88 Å². The lowest BCUT2D eigenvalue weighted by Crippen LogP contribution is -2.41. The molecule has 0 unspecified atom stereocenters. The maximum atomic E-state index is 6.12. The van der Waals surface area contributed by atoms with Crippen molar-refractivity contribution in [2.75, 3.05) is 32.0 Å². The molecule has 21 heavy (non-hydrogen) atoms. The number of anilines is 1. The Morgan fingerprint density at radius 1 is 1.43 bits per heavy atom. The van der Waals surface area contributed by atoms with Crippen molar-refractivity contribution in [3.8, 4) is 11.6 Å². The second-order valence-corrected chi connectivity index (χ2v) is 5.07. The number of rotatable bonds is 4. The van der Waals surface area contributed by atoms with Crippen LogP contribution < -0.4 is 15.8 Å². The Hall–Kier alpha value is -2.05. The molecular formula is C15H20N4O2. The number of morpholine rings is 1. The van der Waals surface area contributed by atoms with Crippen molar-refractivity contribution < 1.29 is 9.47 Å². The summed E-state index contributed by atoms with van der Waals surface area (Å²) in [5, 5.41) is 7.73. The largest absolute Gasteiger partial charge is 0.474 e. The van der Waals surface area contributed by atoms with Gasteiger partial charge in [-0.05, 0) is 19.1 Å². The average Bonchev–Trinajstić information content (AvgIpc) is 2.83. The number of hydrogen-bond acceptors (Lipinski definition) is 5. The lowest BCUT2D eigenvalue weighted by molar-refractivity contribution is -0.000938. The van der Waals surface area contributed by atoms with Crippen molar-refractivity contribution >= 4 is 5.82 Å². The fourth-order valence-corrected chi connectivity index (χ4v) is 2.29. The van der Waals surface area contributed by atoms with Gasteiger partial charge in [-0.25, -0.2) is 4.68 Å². The Morgan fingerprint density at radius 3 is 2.95 bits per heavy atom. The Bertz CT molecular complexity index is 591. The lowest BCUT2D eigenvalue weighted by atomic mass is 10.3. The number of aromatic nitrogens is 2. The van der Waals surface area contributed by atoms with Crippen molar-refractivity contribution in [2.24, 2.45) is 0 Å². The van der Waals surface area contributed by atoms with Crippen molar-refractivity contribution in [3.63, 3.8) is 0 Å². The number of nitrogens with two attached hydrogens (primary N) is 1. The standard InChI is InChI=1S/C15H20N4O2/c1-11-14(16)19(12-5-3-2-4-6-12)18-15(11)21-10-13-9-17-7-8-20-13/h2-6,13,17H,7-10,16H2,1H3/t13-/m0/s1. The van der Waals surface area contributed by atoms with Gasteiger partial charge in [-0.3, -0.25) is 0 Å². The van der Waals surface area contributed by atoms with Crippen LogP contribution in [0, 0.1) is 6.92 Å². The van der Waals surface area contributed by atoms with Crippen molar-refractivity contribution in [2.45, 2.75) is 13.0 Å². The normalized spacial score (nSPS) is 18.6. The summed E-state index contributed by atoms with van der Waals surface area (Å²) in [4.78, 5) is 0. The van der Waals surface area contributed by atoms with E-state index < -0.39 is 0 Å². The summed E-state index contributed by atoms with van der Waals surface area (Å²) < 4.78 is 13.1. The van der Waals surface area contributed by atoms with Gasteiger partial charge in [0, 0.05) is 13.1 Å². The molecule has 1 atom stereocenters. The van der Waals surface area contributed by atoms with Gasteiger partial charge in [-0.2, -0.15) is 0 Å². The van der Waals surface area contributed by atoms with Crippen LogP contribution in [-0.2, 0) is 4.74 Å². The minimum Gasteiger partial charge on any atom is -0.474 e. The molecule has 112 valence electrons. The minimum absolute atomic E-state index is 0.0567. The molecule has 0 radical (unpaired) electrons. The van der Waals surface area contributed by atoms with E-state index in [4.69, 9.17) is 15.2 Å². The molecule has 3 N–H and O–H groups in total. The molecule has 0 amide bonds. The molecule has 1 aromatic heterocycles. The number of benzene rings is 1. The minimum atomic E-state index is 0.0567. The van der Waals surface area contributed by atoms with E-state index in [1.165, 1.54) is 0 Å². The SMILES string of the molecule is Cc1c(OC[C@@H]2CNCCO2)nn(-c2ccccc2)c1N. The van der Waals surface area contributed by atoms with Crippen LogP contribution in [-0.4, -0.2) is 42.2 Å². The van der Waals surface area contributed by atoms with Crippen LogP contribution in [0.3, 0.4) is 0 Å².